The third kappa shape index (κ3) is 55.5. The average Bonchev–Trinajstić information content (AvgIpc) is 3.36. The maximum Gasteiger partial charge on any atom is 0.306 e. The third-order valence-corrected chi connectivity index (χ3v) is 12.6. The van der Waals surface area contributed by atoms with E-state index in [2.05, 4.69) is 106 Å². The molecule has 0 fully saturated rings. The minimum atomic E-state index is -0.781. The van der Waals surface area contributed by atoms with E-state index in [-0.39, 0.29) is 31.1 Å². The Kier molecular flexibility index (Phi) is 55.3. The maximum atomic E-state index is 12.8. The van der Waals surface area contributed by atoms with Gasteiger partial charge in [-0.15, -0.1) is 0 Å². The lowest BCUT2D eigenvalue weighted by atomic mass is 10.0. The molecule has 0 N–H and O–H groups in total. The minimum Gasteiger partial charge on any atom is -0.462 e. The first-order chi connectivity index (χ1) is 34.5. The van der Waals surface area contributed by atoms with Gasteiger partial charge in [0.1, 0.15) is 13.2 Å². The zero-order valence-corrected chi connectivity index (χ0v) is 46.0. The molecule has 0 aromatic rings. The molecule has 0 rings (SSSR count). The number of allylic oxidation sites excluding steroid dienone is 14. The van der Waals surface area contributed by atoms with E-state index in [1.165, 1.54) is 122 Å². The lowest BCUT2D eigenvalue weighted by Gasteiger charge is -2.18. The molecule has 0 heterocycles. The van der Waals surface area contributed by atoms with Crippen molar-refractivity contribution in [2.75, 3.05) is 13.2 Å². The van der Waals surface area contributed by atoms with Gasteiger partial charge >= 0.3 is 17.9 Å². The van der Waals surface area contributed by atoms with Crippen LogP contribution < -0.4 is 0 Å². The Hall–Kier alpha value is -3.41. The molecule has 1 unspecified atom stereocenters. The van der Waals surface area contributed by atoms with Crippen LogP contribution in [0.5, 0.6) is 0 Å². The monoisotopic (exact) mass is 975 g/mol. The van der Waals surface area contributed by atoms with E-state index in [4.69, 9.17) is 14.2 Å². The molecule has 0 saturated carbocycles. The lowest BCUT2D eigenvalue weighted by molar-refractivity contribution is -0.167. The third-order valence-electron chi connectivity index (χ3n) is 12.6. The molecule has 0 amide bonds. The van der Waals surface area contributed by atoms with Crippen LogP contribution >= 0.6 is 0 Å². The number of unbranched alkanes of at least 4 members (excludes halogenated alkanes) is 28. The summed E-state index contributed by atoms with van der Waals surface area (Å²) in [5.41, 5.74) is 0. The van der Waals surface area contributed by atoms with Crippen LogP contribution in [0.3, 0.4) is 0 Å². The molecule has 6 heteroatoms. The predicted octanol–water partition coefficient (Wildman–Crippen LogP) is 19.9. The van der Waals surface area contributed by atoms with Crippen molar-refractivity contribution >= 4 is 17.9 Å². The molecule has 402 valence electrons. The molecule has 0 aromatic heterocycles. The lowest BCUT2D eigenvalue weighted by Crippen LogP contribution is -2.30. The van der Waals surface area contributed by atoms with Crippen molar-refractivity contribution < 1.29 is 28.6 Å². The van der Waals surface area contributed by atoms with Crippen LogP contribution in [0.1, 0.15) is 284 Å². The van der Waals surface area contributed by atoms with Gasteiger partial charge in [0.2, 0.25) is 0 Å². The second-order valence-corrected chi connectivity index (χ2v) is 19.5. The molecular weight excluding hydrogens is 865 g/mol. The molecule has 0 aliphatic heterocycles. The van der Waals surface area contributed by atoms with E-state index in [1.807, 2.05) is 0 Å². The first-order valence-corrected chi connectivity index (χ1v) is 29.6. The van der Waals surface area contributed by atoms with Crippen LogP contribution in [0.25, 0.3) is 0 Å². The number of rotatable bonds is 53. The molecule has 6 nitrogen and oxygen atoms in total. The Morgan fingerprint density at radius 2 is 0.557 bits per heavy atom. The van der Waals surface area contributed by atoms with Gasteiger partial charge in [0, 0.05) is 19.3 Å². The summed E-state index contributed by atoms with van der Waals surface area (Å²) < 4.78 is 16.8. The zero-order chi connectivity index (χ0) is 50.7. The average molecular weight is 976 g/mol. The van der Waals surface area contributed by atoms with Gasteiger partial charge in [0.05, 0.1) is 0 Å². The fourth-order valence-corrected chi connectivity index (χ4v) is 8.27. The molecule has 0 aliphatic rings. The number of hydrogen-bond acceptors (Lipinski definition) is 6. The highest BCUT2D eigenvalue weighted by Gasteiger charge is 2.19. The highest BCUT2D eigenvalue weighted by Crippen LogP contribution is 2.16. The van der Waals surface area contributed by atoms with E-state index < -0.39 is 6.10 Å². The number of carbonyl (C=O) groups excluding carboxylic acids is 3. The smallest absolute Gasteiger partial charge is 0.306 e. The second kappa shape index (κ2) is 58.2. The van der Waals surface area contributed by atoms with E-state index >= 15 is 0 Å². The minimum absolute atomic E-state index is 0.0807. The van der Waals surface area contributed by atoms with Crippen molar-refractivity contribution in [2.45, 2.75) is 290 Å². The second-order valence-electron chi connectivity index (χ2n) is 19.5. The van der Waals surface area contributed by atoms with Crippen LogP contribution in [0.2, 0.25) is 0 Å². The van der Waals surface area contributed by atoms with Crippen molar-refractivity contribution in [1.82, 2.24) is 0 Å². The standard InChI is InChI=1S/C64H110O6/c1-4-7-10-13-16-19-21-23-25-26-27-28-29-30-31-32-33-34-35-36-37-38-40-41-43-45-48-51-54-57-63(66)69-60-61(59-68-62(65)56-53-50-47-18-15-12-9-6-3)70-64(67)58-55-52-49-46-44-42-39-24-22-20-17-14-11-8-5-2/h7-8,10-11,16-17,19-20,23-25,27-28,39,61H,4-6,9,12-15,18,21-22,26,29-38,40-60H2,1-3H3/b10-7-,11-8-,19-16-,20-17-,25-23-,28-27-,39-24-. The van der Waals surface area contributed by atoms with Crippen molar-refractivity contribution in [3.8, 4) is 0 Å². The Labute approximate surface area is 433 Å². The normalized spacial score (nSPS) is 12.7. The Morgan fingerprint density at radius 1 is 0.300 bits per heavy atom. The Balaban J connectivity index is 4.11. The molecule has 1 atom stereocenters. The largest absolute Gasteiger partial charge is 0.462 e. The van der Waals surface area contributed by atoms with E-state index in [0.29, 0.717) is 19.3 Å². The van der Waals surface area contributed by atoms with Gasteiger partial charge in [-0.1, -0.05) is 260 Å². The van der Waals surface area contributed by atoms with E-state index in [9.17, 15) is 14.4 Å². The summed E-state index contributed by atoms with van der Waals surface area (Å²) in [6, 6.07) is 0. The predicted molar refractivity (Wildman–Crippen MR) is 302 cm³/mol. The molecule has 0 spiro atoms. The molecule has 70 heavy (non-hydrogen) atoms. The quantitative estimate of drug-likeness (QED) is 0.0261. The van der Waals surface area contributed by atoms with Gasteiger partial charge in [-0.2, -0.15) is 0 Å². The summed E-state index contributed by atoms with van der Waals surface area (Å²) in [5, 5.41) is 0. The SMILES string of the molecule is CC/C=C\C/C=C\C/C=C\C/C=C\CCCCCCCCCCCCCCCCCCC(=O)OCC(COC(=O)CCCCCCCCCC)OC(=O)CCCCCCC/C=C\C/C=C\C/C=C\CC. The van der Waals surface area contributed by atoms with Crippen molar-refractivity contribution in [2.24, 2.45) is 0 Å². The van der Waals surface area contributed by atoms with Gasteiger partial charge < -0.3 is 14.2 Å². The number of esters is 3. The molecule has 0 saturated heterocycles. The van der Waals surface area contributed by atoms with Gasteiger partial charge in [-0.05, 0) is 89.9 Å². The fourth-order valence-electron chi connectivity index (χ4n) is 8.27. The zero-order valence-electron chi connectivity index (χ0n) is 46.0. The molecule has 0 aliphatic carbocycles. The van der Waals surface area contributed by atoms with Crippen molar-refractivity contribution in [3.05, 3.63) is 85.1 Å². The van der Waals surface area contributed by atoms with Gasteiger partial charge in [-0.3, -0.25) is 14.4 Å². The highest BCUT2D eigenvalue weighted by molar-refractivity contribution is 5.71. The number of hydrogen-bond donors (Lipinski definition) is 0. The maximum absolute atomic E-state index is 12.8. The highest BCUT2D eigenvalue weighted by atomic mass is 16.6. The van der Waals surface area contributed by atoms with Gasteiger partial charge in [-0.25, -0.2) is 0 Å². The first kappa shape index (κ1) is 66.6. The summed E-state index contributed by atoms with van der Waals surface area (Å²) in [5.74, 6) is -0.895. The summed E-state index contributed by atoms with van der Waals surface area (Å²) in [6.45, 7) is 6.39. The summed E-state index contributed by atoms with van der Waals surface area (Å²) in [7, 11) is 0. The summed E-state index contributed by atoms with van der Waals surface area (Å²) >= 11 is 0. The summed E-state index contributed by atoms with van der Waals surface area (Å²) in [6.07, 6.45) is 76.1. The van der Waals surface area contributed by atoms with Crippen LogP contribution in [-0.2, 0) is 28.6 Å². The molecular formula is C64H110O6. The van der Waals surface area contributed by atoms with Gasteiger partial charge in [0.25, 0.3) is 0 Å². The van der Waals surface area contributed by atoms with Crippen molar-refractivity contribution in [3.63, 3.8) is 0 Å². The summed E-state index contributed by atoms with van der Waals surface area (Å²) in [4.78, 5) is 38.0. The Bertz CT molecular complexity index is 1350. The van der Waals surface area contributed by atoms with Crippen molar-refractivity contribution in [1.29, 1.82) is 0 Å². The first-order valence-electron chi connectivity index (χ1n) is 29.6. The molecule has 0 aromatic carbocycles. The van der Waals surface area contributed by atoms with Gasteiger partial charge in [0.15, 0.2) is 6.10 Å². The molecule has 0 radical (unpaired) electrons. The fraction of sp³-hybridized carbons (Fsp3) is 0.734. The van der Waals surface area contributed by atoms with Crippen LogP contribution in [0, 0.1) is 0 Å². The van der Waals surface area contributed by atoms with Crippen LogP contribution in [-0.4, -0.2) is 37.2 Å². The van der Waals surface area contributed by atoms with Crippen LogP contribution in [0.15, 0.2) is 85.1 Å². The topological polar surface area (TPSA) is 78.9 Å². The Morgan fingerprint density at radius 3 is 0.871 bits per heavy atom. The molecule has 0 bridgehead atoms. The van der Waals surface area contributed by atoms with E-state index in [1.54, 1.807) is 0 Å². The van der Waals surface area contributed by atoms with Crippen LogP contribution in [0.4, 0.5) is 0 Å². The van der Waals surface area contributed by atoms with E-state index in [0.717, 1.165) is 122 Å². The number of ether oxygens (including phenoxy) is 3. The number of carbonyl (C=O) groups is 3.